The number of hydrogen-bond acceptors (Lipinski definition) is 3. The van der Waals surface area contributed by atoms with Crippen LogP contribution in [-0.2, 0) is 4.79 Å². The van der Waals surface area contributed by atoms with Crippen molar-refractivity contribution in [1.82, 2.24) is 5.32 Å². The molecule has 0 radical (unpaired) electrons. The molecule has 0 aromatic heterocycles. The van der Waals surface area contributed by atoms with Gasteiger partial charge in [-0.2, -0.15) is 0 Å². The van der Waals surface area contributed by atoms with Crippen LogP contribution < -0.4 is 15.4 Å². The van der Waals surface area contributed by atoms with E-state index < -0.39 is 12.1 Å². The summed E-state index contributed by atoms with van der Waals surface area (Å²) in [6.45, 7) is 1.73. The van der Waals surface area contributed by atoms with E-state index in [1.165, 1.54) is 18.2 Å². The fourth-order valence-electron chi connectivity index (χ4n) is 2.33. The predicted octanol–water partition coefficient (Wildman–Crippen LogP) is 3.34. The molecule has 0 bridgehead atoms. The Hall–Kier alpha value is -1.47. The maximum absolute atomic E-state index is 12.3. The van der Waals surface area contributed by atoms with Crippen molar-refractivity contribution >= 4 is 24.0 Å². The fourth-order valence-corrected chi connectivity index (χ4v) is 2.33. The first-order chi connectivity index (χ1) is 9.94. The lowest BCUT2D eigenvalue weighted by Gasteiger charge is -2.22. The van der Waals surface area contributed by atoms with Gasteiger partial charge in [-0.1, -0.05) is 12.1 Å². The predicted molar refractivity (Wildman–Crippen MR) is 79.2 cm³/mol. The number of carbonyl (C=O) groups excluding carboxylic acids is 1. The van der Waals surface area contributed by atoms with Crippen molar-refractivity contribution in [3.63, 3.8) is 0 Å². The molecule has 1 heterocycles. The molecule has 1 aromatic rings. The Kier molecular flexibility index (Phi) is 6.96. The van der Waals surface area contributed by atoms with Crippen LogP contribution in [0.5, 0.6) is 5.75 Å². The first kappa shape index (κ1) is 18.6. The van der Waals surface area contributed by atoms with Crippen LogP contribution in [0.25, 0.3) is 0 Å². The molecule has 0 spiro atoms. The molecule has 0 aliphatic carbocycles. The van der Waals surface area contributed by atoms with E-state index >= 15 is 0 Å². The quantitative estimate of drug-likeness (QED) is 0.885. The number of carbonyl (C=O) groups is 1. The van der Waals surface area contributed by atoms with E-state index in [-0.39, 0.29) is 29.9 Å². The first-order valence-corrected chi connectivity index (χ1v) is 6.79. The Morgan fingerprint density at radius 2 is 1.91 bits per heavy atom. The molecule has 0 saturated carbocycles. The smallest absolute Gasteiger partial charge is 0.404 e. The van der Waals surface area contributed by atoms with Crippen LogP contribution in [-0.4, -0.2) is 25.4 Å². The van der Waals surface area contributed by atoms with Crippen molar-refractivity contribution in [2.75, 3.05) is 18.4 Å². The molecule has 1 fully saturated rings. The van der Waals surface area contributed by atoms with Crippen molar-refractivity contribution in [2.24, 2.45) is 5.92 Å². The minimum absolute atomic E-state index is 0. The topological polar surface area (TPSA) is 50.4 Å². The lowest BCUT2D eigenvalue weighted by molar-refractivity contribution is -0.274. The molecular formula is C14H18ClF3N2O2. The Bertz CT molecular complexity index is 491. The zero-order chi connectivity index (χ0) is 15.3. The van der Waals surface area contributed by atoms with Gasteiger partial charge in [-0.15, -0.1) is 25.6 Å². The van der Waals surface area contributed by atoms with Crippen LogP contribution in [0.3, 0.4) is 0 Å². The van der Waals surface area contributed by atoms with Crippen molar-refractivity contribution in [3.8, 4) is 5.75 Å². The second kappa shape index (κ2) is 8.24. The molecule has 4 nitrogen and oxygen atoms in total. The highest BCUT2D eigenvalue weighted by atomic mass is 35.5. The van der Waals surface area contributed by atoms with E-state index in [2.05, 4.69) is 15.4 Å². The van der Waals surface area contributed by atoms with Crippen molar-refractivity contribution in [1.29, 1.82) is 0 Å². The molecule has 1 aromatic carbocycles. The molecule has 1 aliphatic rings. The number of para-hydroxylation sites is 2. The number of ether oxygens (including phenoxy) is 1. The van der Waals surface area contributed by atoms with Gasteiger partial charge in [-0.05, 0) is 44.0 Å². The van der Waals surface area contributed by atoms with E-state index in [1.54, 1.807) is 6.07 Å². The summed E-state index contributed by atoms with van der Waals surface area (Å²) < 4.78 is 40.8. The van der Waals surface area contributed by atoms with Crippen LogP contribution in [0.2, 0.25) is 0 Å². The van der Waals surface area contributed by atoms with Gasteiger partial charge in [0.1, 0.15) is 0 Å². The third-order valence-electron chi connectivity index (χ3n) is 3.32. The van der Waals surface area contributed by atoms with Crippen LogP contribution in [0.4, 0.5) is 18.9 Å². The van der Waals surface area contributed by atoms with Crippen molar-refractivity contribution in [2.45, 2.75) is 25.6 Å². The molecular weight excluding hydrogens is 321 g/mol. The number of anilines is 1. The average Bonchev–Trinajstić information content (AvgIpc) is 2.40. The summed E-state index contributed by atoms with van der Waals surface area (Å²) in [4.78, 5) is 11.9. The molecule has 124 valence electrons. The Balaban J connectivity index is 0.00000242. The van der Waals surface area contributed by atoms with E-state index in [0.29, 0.717) is 6.42 Å². The number of halogens is 4. The van der Waals surface area contributed by atoms with Crippen molar-refractivity contribution in [3.05, 3.63) is 24.3 Å². The lowest BCUT2D eigenvalue weighted by Crippen LogP contribution is -2.30. The summed E-state index contributed by atoms with van der Waals surface area (Å²) in [6, 6.07) is 5.53. The maximum Gasteiger partial charge on any atom is 0.573 e. The van der Waals surface area contributed by atoms with Gasteiger partial charge >= 0.3 is 6.36 Å². The van der Waals surface area contributed by atoms with Crippen molar-refractivity contribution < 1.29 is 22.7 Å². The monoisotopic (exact) mass is 338 g/mol. The molecule has 22 heavy (non-hydrogen) atoms. The van der Waals surface area contributed by atoms with E-state index in [9.17, 15) is 18.0 Å². The number of hydrogen-bond donors (Lipinski definition) is 2. The largest absolute Gasteiger partial charge is 0.573 e. The number of benzene rings is 1. The zero-order valence-corrected chi connectivity index (χ0v) is 12.6. The van der Waals surface area contributed by atoms with Gasteiger partial charge < -0.3 is 15.4 Å². The first-order valence-electron chi connectivity index (χ1n) is 6.79. The fraction of sp³-hybridized carbons (Fsp3) is 0.500. The third kappa shape index (κ3) is 6.11. The zero-order valence-electron chi connectivity index (χ0n) is 11.8. The average molecular weight is 339 g/mol. The number of piperidine rings is 1. The van der Waals surface area contributed by atoms with Gasteiger partial charge in [0, 0.05) is 6.42 Å². The van der Waals surface area contributed by atoms with Gasteiger partial charge in [0.2, 0.25) is 5.91 Å². The van der Waals surface area contributed by atoms with Crippen LogP contribution in [0, 0.1) is 5.92 Å². The maximum atomic E-state index is 12.3. The van der Waals surface area contributed by atoms with Crippen LogP contribution in [0.15, 0.2) is 24.3 Å². The van der Waals surface area contributed by atoms with Gasteiger partial charge in [-0.25, -0.2) is 0 Å². The summed E-state index contributed by atoms with van der Waals surface area (Å²) in [5.41, 5.74) is 0.0359. The standard InChI is InChI=1S/C14H17F3N2O2.ClH/c15-14(16,17)21-12-4-2-1-3-11(12)19-13(20)9-10-5-7-18-8-6-10;/h1-4,10,18H,5-9H2,(H,19,20);1H. The van der Waals surface area contributed by atoms with Crippen LogP contribution >= 0.6 is 12.4 Å². The van der Waals surface area contributed by atoms with E-state index in [0.717, 1.165) is 25.9 Å². The Labute approximate surface area is 132 Å². The second-order valence-electron chi connectivity index (χ2n) is 4.99. The molecule has 1 aliphatic heterocycles. The summed E-state index contributed by atoms with van der Waals surface area (Å²) in [5.74, 6) is -0.425. The summed E-state index contributed by atoms with van der Waals surface area (Å²) in [5, 5.41) is 5.69. The summed E-state index contributed by atoms with van der Waals surface area (Å²) in [6.07, 6.45) is -2.68. The number of rotatable bonds is 4. The van der Waals surface area contributed by atoms with Gasteiger partial charge in [0.05, 0.1) is 5.69 Å². The van der Waals surface area contributed by atoms with Gasteiger partial charge in [0.15, 0.2) is 5.75 Å². The third-order valence-corrected chi connectivity index (χ3v) is 3.32. The van der Waals surface area contributed by atoms with E-state index in [1.807, 2.05) is 0 Å². The molecule has 2 N–H and O–H groups in total. The molecule has 0 atom stereocenters. The molecule has 0 unspecified atom stereocenters. The summed E-state index contributed by atoms with van der Waals surface area (Å²) >= 11 is 0. The SMILES string of the molecule is Cl.O=C(CC1CCNCC1)Nc1ccccc1OC(F)(F)F. The van der Waals surface area contributed by atoms with E-state index in [4.69, 9.17) is 0 Å². The number of amides is 1. The number of alkyl halides is 3. The Morgan fingerprint density at radius 1 is 1.27 bits per heavy atom. The highest BCUT2D eigenvalue weighted by molar-refractivity contribution is 5.92. The minimum Gasteiger partial charge on any atom is -0.404 e. The van der Waals surface area contributed by atoms with Gasteiger partial charge in [-0.3, -0.25) is 4.79 Å². The van der Waals surface area contributed by atoms with Gasteiger partial charge in [0.25, 0.3) is 0 Å². The summed E-state index contributed by atoms with van der Waals surface area (Å²) in [7, 11) is 0. The lowest BCUT2D eigenvalue weighted by atomic mass is 9.94. The Morgan fingerprint density at radius 3 is 2.55 bits per heavy atom. The molecule has 2 rings (SSSR count). The highest BCUT2D eigenvalue weighted by Gasteiger charge is 2.32. The molecule has 1 saturated heterocycles. The molecule has 8 heteroatoms. The van der Waals surface area contributed by atoms with Crippen LogP contribution in [0.1, 0.15) is 19.3 Å². The number of nitrogens with one attached hydrogen (secondary N) is 2. The normalized spacial score (nSPS) is 15.8. The highest BCUT2D eigenvalue weighted by Crippen LogP contribution is 2.30. The second-order valence-corrected chi connectivity index (χ2v) is 4.99. The molecule has 1 amide bonds. The minimum atomic E-state index is -4.78.